The predicted octanol–water partition coefficient (Wildman–Crippen LogP) is 2.72. The van der Waals surface area contributed by atoms with Gasteiger partial charge in [0.05, 0.1) is 11.0 Å². The highest BCUT2D eigenvalue weighted by Crippen LogP contribution is 2.22. The maximum Gasteiger partial charge on any atom is 0.240 e. The van der Waals surface area contributed by atoms with E-state index in [2.05, 4.69) is 4.72 Å². The van der Waals surface area contributed by atoms with E-state index in [4.69, 9.17) is 11.6 Å². The van der Waals surface area contributed by atoms with Gasteiger partial charge in [0.2, 0.25) is 10.0 Å². The van der Waals surface area contributed by atoms with Crippen molar-refractivity contribution < 1.29 is 13.5 Å². The molecule has 0 aliphatic carbocycles. The van der Waals surface area contributed by atoms with Crippen molar-refractivity contribution in [2.45, 2.75) is 44.6 Å². The first-order valence-electron chi connectivity index (χ1n) is 6.76. The van der Waals surface area contributed by atoms with E-state index in [1.807, 2.05) is 13.8 Å². The SMILES string of the molecule is CCC(CC)C(O)CNS(=O)(=O)c1cccc(Cl)c1C. The molecular formula is C14H22ClNO3S. The second kappa shape index (κ2) is 7.41. The van der Waals surface area contributed by atoms with Crippen LogP contribution in [0.3, 0.4) is 0 Å². The summed E-state index contributed by atoms with van der Waals surface area (Å²) in [4.78, 5) is 0.154. The van der Waals surface area contributed by atoms with E-state index >= 15 is 0 Å². The summed E-state index contributed by atoms with van der Waals surface area (Å²) in [6.07, 6.45) is 0.949. The highest BCUT2D eigenvalue weighted by Gasteiger charge is 2.21. The molecule has 0 saturated carbocycles. The fourth-order valence-electron chi connectivity index (χ4n) is 2.15. The molecule has 1 aromatic rings. The number of nitrogens with one attached hydrogen (secondary N) is 1. The molecule has 0 aromatic heterocycles. The van der Waals surface area contributed by atoms with E-state index in [0.717, 1.165) is 12.8 Å². The third-order valence-corrected chi connectivity index (χ3v) is 5.56. The van der Waals surface area contributed by atoms with E-state index in [-0.39, 0.29) is 17.4 Å². The Labute approximate surface area is 126 Å². The minimum absolute atomic E-state index is 0.0145. The van der Waals surface area contributed by atoms with Gasteiger partial charge in [0, 0.05) is 11.6 Å². The van der Waals surface area contributed by atoms with Crippen LogP contribution in [0.2, 0.25) is 5.02 Å². The van der Waals surface area contributed by atoms with Crippen LogP contribution in [0.5, 0.6) is 0 Å². The molecule has 114 valence electrons. The fraction of sp³-hybridized carbons (Fsp3) is 0.571. The van der Waals surface area contributed by atoms with Crippen molar-refractivity contribution in [3.05, 3.63) is 28.8 Å². The summed E-state index contributed by atoms with van der Waals surface area (Å²) in [7, 11) is -3.65. The minimum atomic E-state index is -3.65. The molecule has 0 heterocycles. The van der Waals surface area contributed by atoms with Crippen LogP contribution in [-0.2, 0) is 10.0 Å². The molecule has 0 saturated heterocycles. The topological polar surface area (TPSA) is 66.4 Å². The summed E-state index contributed by atoms with van der Waals surface area (Å²) in [5.41, 5.74) is 0.513. The summed E-state index contributed by atoms with van der Waals surface area (Å²) < 4.78 is 26.9. The number of rotatable bonds is 7. The summed E-state index contributed by atoms with van der Waals surface area (Å²) in [5, 5.41) is 10.4. The van der Waals surface area contributed by atoms with Gasteiger partial charge < -0.3 is 5.11 Å². The van der Waals surface area contributed by atoms with Gasteiger partial charge in [0.1, 0.15) is 0 Å². The smallest absolute Gasteiger partial charge is 0.240 e. The third-order valence-electron chi connectivity index (χ3n) is 3.58. The molecule has 1 rings (SSSR count). The van der Waals surface area contributed by atoms with Crippen molar-refractivity contribution >= 4 is 21.6 Å². The van der Waals surface area contributed by atoms with Gasteiger partial charge in [-0.1, -0.05) is 44.4 Å². The van der Waals surface area contributed by atoms with Gasteiger partial charge in [-0.25, -0.2) is 13.1 Å². The second-order valence-corrected chi connectivity index (χ2v) is 7.00. The van der Waals surface area contributed by atoms with Gasteiger partial charge in [0.25, 0.3) is 0 Å². The number of benzene rings is 1. The summed E-state index contributed by atoms with van der Waals surface area (Å²) >= 11 is 5.94. The van der Waals surface area contributed by atoms with Crippen molar-refractivity contribution in [3.63, 3.8) is 0 Å². The van der Waals surface area contributed by atoms with Gasteiger partial charge in [-0.3, -0.25) is 0 Å². The molecule has 0 aliphatic heterocycles. The lowest BCUT2D eigenvalue weighted by molar-refractivity contribution is 0.107. The zero-order chi connectivity index (χ0) is 15.3. The van der Waals surface area contributed by atoms with E-state index in [1.165, 1.54) is 6.07 Å². The Morgan fingerprint density at radius 3 is 2.45 bits per heavy atom. The van der Waals surface area contributed by atoms with Crippen LogP contribution in [0.4, 0.5) is 0 Å². The van der Waals surface area contributed by atoms with Crippen LogP contribution < -0.4 is 4.72 Å². The van der Waals surface area contributed by atoms with Gasteiger partial charge in [-0.05, 0) is 30.5 Å². The van der Waals surface area contributed by atoms with E-state index < -0.39 is 16.1 Å². The maximum atomic E-state index is 12.2. The zero-order valence-corrected chi connectivity index (χ0v) is 13.6. The molecule has 0 fully saturated rings. The Morgan fingerprint density at radius 2 is 1.90 bits per heavy atom. The summed E-state index contributed by atoms with van der Waals surface area (Å²) in [5.74, 6) is 0.0955. The van der Waals surface area contributed by atoms with Crippen LogP contribution >= 0.6 is 11.6 Å². The summed E-state index contributed by atoms with van der Waals surface area (Å²) in [6, 6.07) is 4.75. The van der Waals surface area contributed by atoms with Crippen molar-refractivity contribution in [1.29, 1.82) is 0 Å². The van der Waals surface area contributed by atoms with Gasteiger partial charge in [0.15, 0.2) is 0 Å². The second-order valence-electron chi connectivity index (χ2n) is 4.86. The monoisotopic (exact) mass is 319 g/mol. The molecule has 0 amide bonds. The third kappa shape index (κ3) is 4.19. The lowest BCUT2D eigenvalue weighted by atomic mass is 9.97. The minimum Gasteiger partial charge on any atom is -0.391 e. The molecule has 6 heteroatoms. The first-order chi connectivity index (χ1) is 9.33. The Balaban J connectivity index is 2.83. The van der Waals surface area contributed by atoms with E-state index in [0.29, 0.717) is 10.6 Å². The largest absolute Gasteiger partial charge is 0.391 e. The molecule has 0 radical (unpaired) electrons. The average molecular weight is 320 g/mol. The number of hydrogen-bond acceptors (Lipinski definition) is 3. The van der Waals surface area contributed by atoms with Crippen LogP contribution in [0.1, 0.15) is 32.3 Å². The molecule has 0 spiro atoms. The molecule has 0 aliphatic rings. The number of aliphatic hydroxyl groups is 1. The molecule has 1 aromatic carbocycles. The molecule has 20 heavy (non-hydrogen) atoms. The Morgan fingerprint density at radius 1 is 1.30 bits per heavy atom. The normalized spacial score (nSPS) is 13.7. The van der Waals surface area contributed by atoms with Crippen LogP contribution in [0.25, 0.3) is 0 Å². The van der Waals surface area contributed by atoms with Crippen LogP contribution in [0, 0.1) is 12.8 Å². The Kier molecular flexibility index (Phi) is 6.45. The molecule has 1 atom stereocenters. The highest BCUT2D eigenvalue weighted by molar-refractivity contribution is 7.89. The zero-order valence-electron chi connectivity index (χ0n) is 12.1. The summed E-state index contributed by atoms with van der Waals surface area (Å²) in [6.45, 7) is 5.63. The molecule has 1 unspecified atom stereocenters. The maximum absolute atomic E-state index is 12.2. The number of halogens is 1. The quantitative estimate of drug-likeness (QED) is 0.812. The predicted molar refractivity (Wildman–Crippen MR) is 81.5 cm³/mol. The van der Waals surface area contributed by atoms with Crippen molar-refractivity contribution in [1.82, 2.24) is 4.72 Å². The van der Waals surface area contributed by atoms with Gasteiger partial charge in [-0.2, -0.15) is 0 Å². The van der Waals surface area contributed by atoms with E-state index in [9.17, 15) is 13.5 Å². The van der Waals surface area contributed by atoms with E-state index in [1.54, 1.807) is 19.1 Å². The molecule has 0 bridgehead atoms. The molecule has 4 nitrogen and oxygen atoms in total. The first-order valence-corrected chi connectivity index (χ1v) is 8.62. The van der Waals surface area contributed by atoms with Crippen molar-refractivity contribution in [3.8, 4) is 0 Å². The van der Waals surface area contributed by atoms with Gasteiger partial charge >= 0.3 is 0 Å². The molecule has 2 N–H and O–H groups in total. The fourth-order valence-corrected chi connectivity index (χ4v) is 3.70. The molecular weight excluding hydrogens is 298 g/mol. The first kappa shape index (κ1) is 17.4. The Hall–Kier alpha value is -0.620. The lowest BCUT2D eigenvalue weighted by Gasteiger charge is -2.20. The van der Waals surface area contributed by atoms with Crippen LogP contribution in [0.15, 0.2) is 23.1 Å². The number of hydrogen-bond donors (Lipinski definition) is 2. The van der Waals surface area contributed by atoms with Gasteiger partial charge in [-0.15, -0.1) is 0 Å². The van der Waals surface area contributed by atoms with Crippen LogP contribution in [-0.4, -0.2) is 26.2 Å². The number of aliphatic hydroxyl groups excluding tert-OH is 1. The lowest BCUT2D eigenvalue weighted by Crippen LogP contribution is -2.36. The Bertz CT molecular complexity index is 541. The number of sulfonamides is 1. The van der Waals surface area contributed by atoms with Crippen molar-refractivity contribution in [2.24, 2.45) is 5.92 Å². The van der Waals surface area contributed by atoms with Crippen molar-refractivity contribution in [2.75, 3.05) is 6.54 Å². The average Bonchev–Trinajstić information content (AvgIpc) is 2.41. The highest BCUT2D eigenvalue weighted by atomic mass is 35.5. The standard InChI is InChI=1S/C14H22ClNO3S/c1-4-11(5-2)13(17)9-16-20(18,19)14-8-6-7-12(15)10(14)3/h6-8,11,13,16-17H,4-5,9H2,1-3H3.